The molecular weight excluding hydrogens is 245 g/mol. The molecule has 0 aromatic carbocycles. The lowest BCUT2D eigenvalue weighted by Crippen LogP contribution is -2.31. The zero-order valence-corrected chi connectivity index (χ0v) is 10.3. The van der Waals surface area contributed by atoms with E-state index in [0.29, 0.717) is 6.54 Å². The molecule has 2 aromatic heterocycles. The Morgan fingerprint density at radius 1 is 1.47 bits per heavy atom. The smallest absolute Gasteiger partial charge is 0.257 e. The largest absolute Gasteiger partial charge is 0.363 e. The Kier molecular flexibility index (Phi) is 3.03. The average Bonchev–Trinajstić information content (AvgIpc) is 3.09. The number of carbonyl (C=O) groups excluding carboxylic acids is 1. The molecule has 0 aliphatic carbocycles. The Hall–Kier alpha value is -2.17. The third-order valence-corrected chi connectivity index (χ3v) is 3.50. The van der Waals surface area contributed by atoms with Gasteiger partial charge in [-0.1, -0.05) is 0 Å². The highest BCUT2D eigenvalue weighted by Gasteiger charge is 2.32. The number of aromatic nitrogens is 2. The maximum absolute atomic E-state index is 13.6. The van der Waals surface area contributed by atoms with Crippen LogP contribution >= 0.6 is 0 Å². The zero-order valence-electron chi connectivity index (χ0n) is 10.3. The van der Waals surface area contributed by atoms with E-state index in [1.165, 1.54) is 12.3 Å². The topological polar surface area (TPSA) is 49.0 Å². The highest BCUT2D eigenvalue weighted by molar-refractivity contribution is 5.94. The zero-order chi connectivity index (χ0) is 13.2. The molecule has 98 valence electrons. The Morgan fingerprint density at radius 2 is 2.37 bits per heavy atom. The summed E-state index contributed by atoms with van der Waals surface area (Å²) < 4.78 is 13.6. The van der Waals surface area contributed by atoms with Gasteiger partial charge in [0.25, 0.3) is 5.91 Å². The molecule has 1 amide bonds. The van der Waals surface area contributed by atoms with Crippen molar-refractivity contribution in [2.45, 2.75) is 18.9 Å². The van der Waals surface area contributed by atoms with Gasteiger partial charge in [0.1, 0.15) is 0 Å². The molecule has 3 rings (SSSR count). The Labute approximate surface area is 110 Å². The maximum Gasteiger partial charge on any atom is 0.257 e. The third kappa shape index (κ3) is 2.12. The highest BCUT2D eigenvalue weighted by atomic mass is 19.1. The van der Waals surface area contributed by atoms with E-state index >= 15 is 0 Å². The minimum absolute atomic E-state index is 0.00932. The van der Waals surface area contributed by atoms with Gasteiger partial charge in [-0.2, -0.15) is 0 Å². The lowest BCUT2D eigenvalue weighted by atomic mass is 10.1. The average molecular weight is 259 g/mol. The van der Waals surface area contributed by atoms with Crippen LogP contribution in [0.4, 0.5) is 4.39 Å². The molecule has 0 saturated carbocycles. The number of nitrogens with zero attached hydrogens (tertiary/aromatic N) is 2. The number of pyridine rings is 1. The van der Waals surface area contributed by atoms with E-state index in [1.54, 1.807) is 4.90 Å². The number of amides is 1. The lowest BCUT2D eigenvalue weighted by Gasteiger charge is -2.24. The van der Waals surface area contributed by atoms with Gasteiger partial charge in [-0.05, 0) is 31.0 Å². The molecule has 4 nitrogen and oxygen atoms in total. The number of aromatic amines is 1. The summed E-state index contributed by atoms with van der Waals surface area (Å²) in [6.45, 7) is 0.657. The second-order valence-electron chi connectivity index (χ2n) is 4.64. The molecule has 1 fully saturated rings. The molecule has 1 unspecified atom stereocenters. The van der Waals surface area contributed by atoms with E-state index < -0.39 is 5.82 Å². The Morgan fingerprint density at radius 3 is 3.11 bits per heavy atom. The minimum atomic E-state index is -0.565. The van der Waals surface area contributed by atoms with Gasteiger partial charge in [0.05, 0.1) is 17.8 Å². The van der Waals surface area contributed by atoms with E-state index in [2.05, 4.69) is 9.97 Å². The summed E-state index contributed by atoms with van der Waals surface area (Å²) >= 11 is 0. The predicted molar refractivity (Wildman–Crippen MR) is 68.0 cm³/mol. The van der Waals surface area contributed by atoms with Crippen molar-refractivity contribution in [1.29, 1.82) is 0 Å². The molecule has 1 saturated heterocycles. The van der Waals surface area contributed by atoms with Gasteiger partial charge in [0, 0.05) is 24.6 Å². The van der Waals surface area contributed by atoms with Gasteiger partial charge >= 0.3 is 0 Å². The summed E-state index contributed by atoms with van der Waals surface area (Å²) in [5.41, 5.74) is 1.09. The molecule has 1 atom stereocenters. The van der Waals surface area contributed by atoms with Crippen LogP contribution in [0.15, 0.2) is 36.8 Å². The van der Waals surface area contributed by atoms with Gasteiger partial charge in [-0.15, -0.1) is 0 Å². The Balaban J connectivity index is 1.89. The molecule has 5 heteroatoms. The summed E-state index contributed by atoms with van der Waals surface area (Å²) in [7, 11) is 0. The predicted octanol–water partition coefficient (Wildman–Crippen LogP) is 2.53. The molecule has 3 heterocycles. The molecule has 2 aromatic rings. The molecule has 1 aliphatic rings. The van der Waals surface area contributed by atoms with Crippen molar-refractivity contribution in [1.82, 2.24) is 14.9 Å². The first-order valence-corrected chi connectivity index (χ1v) is 6.31. The number of rotatable bonds is 2. The number of nitrogens with one attached hydrogen (secondary N) is 1. The van der Waals surface area contributed by atoms with Crippen LogP contribution < -0.4 is 0 Å². The van der Waals surface area contributed by atoms with Crippen LogP contribution in [0.25, 0.3) is 0 Å². The van der Waals surface area contributed by atoms with E-state index in [-0.39, 0.29) is 17.5 Å². The van der Waals surface area contributed by atoms with Crippen LogP contribution in [0.5, 0.6) is 0 Å². The van der Waals surface area contributed by atoms with Crippen molar-refractivity contribution in [2.75, 3.05) is 6.54 Å². The van der Waals surface area contributed by atoms with Crippen LogP contribution in [0, 0.1) is 5.82 Å². The fourth-order valence-corrected chi connectivity index (χ4v) is 2.59. The van der Waals surface area contributed by atoms with Crippen LogP contribution in [-0.2, 0) is 0 Å². The molecular formula is C14H14FN3O. The quantitative estimate of drug-likeness (QED) is 0.901. The fraction of sp³-hybridized carbons (Fsp3) is 0.286. The second kappa shape index (κ2) is 4.84. The highest BCUT2D eigenvalue weighted by Crippen LogP contribution is 2.32. The maximum atomic E-state index is 13.6. The molecule has 0 bridgehead atoms. The van der Waals surface area contributed by atoms with Crippen LogP contribution in [0.2, 0.25) is 0 Å². The second-order valence-corrected chi connectivity index (χ2v) is 4.64. The third-order valence-electron chi connectivity index (χ3n) is 3.50. The van der Waals surface area contributed by atoms with Crippen LogP contribution in [0.3, 0.4) is 0 Å². The monoisotopic (exact) mass is 259 g/mol. The molecule has 1 aliphatic heterocycles. The SMILES string of the molecule is O=C(c1ccncc1F)N1CCCC1c1ccc[nH]1. The van der Waals surface area contributed by atoms with Crippen molar-refractivity contribution in [3.63, 3.8) is 0 Å². The van der Waals surface area contributed by atoms with Gasteiger partial charge in [-0.25, -0.2) is 4.39 Å². The number of carbonyl (C=O) groups is 1. The van der Waals surface area contributed by atoms with E-state index in [0.717, 1.165) is 24.7 Å². The lowest BCUT2D eigenvalue weighted by molar-refractivity contribution is 0.0728. The molecule has 0 spiro atoms. The fourth-order valence-electron chi connectivity index (χ4n) is 2.59. The first-order chi connectivity index (χ1) is 9.27. The summed E-state index contributed by atoms with van der Waals surface area (Å²) in [4.78, 5) is 20.9. The van der Waals surface area contributed by atoms with E-state index in [9.17, 15) is 9.18 Å². The van der Waals surface area contributed by atoms with Crippen LogP contribution in [0.1, 0.15) is 34.9 Å². The summed E-state index contributed by atoms with van der Waals surface area (Å²) in [6.07, 6.45) is 6.19. The normalized spacial score (nSPS) is 18.8. The van der Waals surface area contributed by atoms with Crippen molar-refractivity contribution in [2.24, 2.45) is 0 Å². The van der Waals surface area contributed by atoms with Crippen molar-refractivity contribution >= 4 is 5.91 Å². The summed E-state index contributed by atoms with van der Waals surface area (Å²) in [6, 6.07) is 5.31. The van der Waals surface area contributed by atoms with Gasteiger partial charge in [-0.3, -0.25) is 9.78 Å². The minimum Gasteiger partial charge on any atom is -0.363 e. The number of hydrogen-bond acceptors (Lipinski definition) is 2. The van der Waals surface area contributed by atoms with Crippen molar-refractivity contribution in [3.05, 3.63) is 53.9 Å². The summed E-state index contributed by atoms with van der Waals surface area (Å²) in [5.74, 6) is -0.832. The van der Waals surface area contributed by atoms with E-state index in [4.69, 9.17) is 0 Å². The summed E-state index contributed by atoms with van der Waals surface area (Å²) in [5, 5.41) is 0. The van der Waals surface area contributed by atoms with Crippen LogP contribution in [-0.4, -0.2) is 27.3 Å². The first kappa shape index (κ1) is 11.9. The van der Waals surface area contributed by atoms with Gasteiger partial charge in [0.2, 0.25) is 0 Å². The van der Waals surface area contributed by atoms with Crippen molar-refractivity contribution in [3.8, 4) is 0 Å². The number of likely N-dealkylation sites (tertiary alicyclic amines) is 1. The number of halogens is 1. The molecule has 19 heavy (non-hydrogen) atoms. The number of hydrogen-bond donors (Lipinski definition) is 1. The van der Waals surface area contributed by atoms with Crippen molar-refractivity contribution < 1.29 is 9.18 Å². The molecule has 0 radical (unpaired) electrons. The standard InChI is InChI=1S/C14H14FN3O/c15-11-9-16-7-5-10(11)14(19)18-8-2-4-13(18)12-3-1-6-17-12/h1,3,5-7,9,13,17H,2,4,8H2. The van der Waals surface area contributed by atoms with Gasteiger partial charge < -0.3 is 9.88 Å². The van der Waals surface area contributed by atoms with Gasteiger partial charge in [0.15, 0.2) is 5.82 Å². The number of H-pyrrole nitrogens is 1. The Bertz CT molecular complexity index is 582. The molecule has 1 N–H and O–H groups in total. The first-order valence-electron chi connectivity index (χ1n) is 6.31. The van der Waals surface area contributed by atoms with E-state index in [1.807, 2.05) is 18.3 Å².